The van der Waals surface area contributed by atoms with Crippen molar-refractivity contribution in [1.29, 1.82) is 0 Å². The van der Waals surface area contributed by atoms with E-state index in [-0.39, 0.29) is 18.3 Å². The molecule has 0 amide bonds. The summed E-state index contributed by atoms with van der Waals surface area (Å²) in [5, 5.41) is 0. The van der Waals surface area contributed by atoms with Crippen LogP contribution in [0.1, 0.15) is 72.3 Å². The topological polar surface area (TPSA) is 18.5 Å². The van der Waals surface area contributed by atoms with Crippen LogP contribution in [0, 0.1) is 0 Å². The Labute approximate surface area is 135 Å². The molecular weight excluding hydrogens is 271 g/mol. The van der Waals surface area contributed by atoms with Crippen LogP contribution in [0.2, 0.25) is 0 Å². The first-order chi connectivity index (χ1) is 10.2. The van der Waals surface area contributed by atoms with Gasteiger partial charge in [0.1, 0.15) is 0 Å². The Hall–Kier alpha value is -0.795. The largest absolute Gasteiger partial charge is 0.494 e. The molecule has 1 aromatic rings. The van der Waals surface area contributed by atoms with Gasteiger partial charge in [-0.05, 0) is 57.0 Å². The Balaban J connectivity index is 1.78. The quantitative estimate of drug-likeness (QED) is 0.762. The summed E-state index contributed by atoms with van der Waals surface area (Å²) in [6.07, 6.45) is 6.72. The molecule has 0 spiro atoms. The molecule has 2 nitrogen and oxygen atoms in total. The standard InChI is InChI=1S/C19H29BO2/c1-17(2)18(3,4)22-20(21-17)16-11-9-15(10-12-16)19(5)13-7-6-8-14-19/h9-12H,6-8,13-14H2,1-5H3. The summed E-state index contributed by atoms with van der Waals surface area (Å²) >= 11 is 0. The molecule has 2 fully saturated rings. The maximum Gasteiger partial charge on any atom is 0.494 e. The van der Waals surface area contributed by atoms with Gasteiger partial charge in [-0.25, -0.2) is 0 Å². The zero-order valence-electron chi connectivity index (χ0n) is 14.7. The minimum absolute atomic E-state index is 0.252. The van der Waals surface area contributed by atoms with E-state index in [9.17, 15) is 0 Å². The van der Waals surface area contributed by atoms with Crippen molar-refractivity contribution in [2.45, 2.75) is 83.3 Å². The van der Waals surface area contributed by atoms with Crippen molar-refractivity contribution in [3.63, 3.8) is 0 Å². The molecule has 1 aliphatic heterocycles. The lowest BCUT2D eigenvalue weighted by atomic mass is 9.70. The fourth-order valence-electron chi connectivity index (χ4n) is 3.64. The van der Waals surface area contributed by atoms with Crippen LogP contribution in [0.3, 0.4) is 0 Å². The first-order valence-corrected chi connectivity index (χ1v) is 8.70. The van der Waals surface area contributed by atoms with E-state index in [1.165, 1.54) is 37.7 Å². The van der Waals surface area contributed by atoms with E-state index in [0.717, 1.165) is 5.46 Å². The lowest BCUT2D eigenvalue weighted by Crippen LogP contribution is -2.41. The molecule has 2 aliphatic rings. The monoisotopic (exact) mass is 300 g/mol. The maximum atomic E-state index is 6.14. The van der Waals surface area contributed by atoms with Crippen LogP contribution in [0.4, 0.5) is 0 Å². The van der Waals surface area contributed by atoms with Crippen LogP contribution in [0.25, 0.3) is 0 Å². The van der Waals surface area contributed by atoms with Crippen molar-refractivity contribution < 1.29 is 9.31 Å². The average molecular weight is 300 g/mol. The molecule has 3 heteroatoms. The molecule has 1 aliphatic carbocycles. The van der Waals surface area contributed by atoms with Gasteiger partial charge < -0.3 is 9.31 Å². The molecule has 1 saturated carbocycles. The molecule has 120 valence electrons. The molecule has 1 saturated heterocycles. The normalized spacial score (nSPS) is 26.1. The molecule has 1 heterocycles. The van der Waals surface area contributed by atoms with Gasteiger partial charge in [-0.3, -0.25) is 0 Å². The Morgan fingerprint density at radius 2 is 1.27 bits per heavy atom. The summed E-state index contributed by atoms with van der Waals surface area (Å²) in [5.41, 5.74) is 2.40. The average Bonchev–Trinajstić information content (AvgIpc) is 2.68. The van der Waals surface area contributed by atoms with E-state index in [2.05, 4.69) is 58.9 Å². The second-order valence-corrected chi connectivity index (χ2v) is 8.33. The number of rotatable bonds is 2. The summed E-state index contributed by atoms with van der Waals surface area (Å²) in [4.78, 5) is 0. The first kappa shape index (κ1) is 16.1. The number of hydrogen-bond acceptors (Lipinski definition) is 2. The third-order valence-corrected chi connectivity index (χ3v) is 6.09. The summed E-state index contributed by atoms with van der Waals surface area (Å²) < 4.78 is 12.3. The highest BCUT2D eigenvalue weighted by molar-refractivity contribution is 6.62. The Morgan fingerprint density at radius 1 is 0.773 bits per heavy atom. The van der Waals surface area contributed by atoms with Gasteiger partial charge in [0.25, 0.3) is 0 Å². The Morgan fingerprint density at radius 3 is 1.77 bits per heavy atom. The fraction of sp³-hybridized carbons (Fsp3) is 0.684. The van der Waals surface area contributed by atoms with Crippen LogP contribution >= 0.6 is 0 Å². The third kappa shape index (κ3) is 2.74. The van der Waals surface area contributed by atoms with Crippen molar-refractivity contribution in [2.75, 3.05) is 0 Å². The highest BCUT2D eigenvalue weighted by Gasteiger charge is 2.51. The second kappa shape index (κ2) is 5.38. The van der Waals surface area contributed by atoms with Crippen molar-refractivity contribution in [3.05, 3.63) is 29.8 Å². The molecule has 0 bridgehead atoms. The van der Waals surface area contributed by atoms with Crippen LogP contribution in [-0.4, -0.2) is 18.3 Å². The molecule has 3 rings (SSSR count). The molecule has 1 aromatic carbocycles. The lowest BCUT2D eigenvalue weighted by molar-refractivity contribution is 0.00578. The zero-order chi connectivity index (χ0) is 16.0. The van der Waals surface area contributed by atoms with E-state index in [1.54, 1.807) is 0 Å². The van der Waals surface area contributed by atoms with Crippen molar-refractivity contribution in [2.24, 2.45) is 0 Å². The SMILES string of the molecule is CC1(c2ccc(B3OC(C)(C)C(C)(C)O3)cc2)CCCCC1. The van der Waals surface area contributed by atoms with Crippen molar-refractivity contribution in [1.82, 2.24) is 0 Å². The first-order valence-electron chi connectivity index (χ1n) is 8.70. The van der Waals surface area contributed by atoms with Crippen LogP contribution in [-0.2, 0) is 14.7 Å². The third-order valence-electron chi connectivity index (χ3n) is 6.09. The molecular formula is C19H29BO2. The van der Waals surface area contributed by atoms with Gasteiger partial charge in [0, 0.05) is 0 Å². The summed E-state index contributed by atoms with van der Waals surface area (Å²) in [5.74, 6) is 0. The summed E-state index contributed by atoms with van der Waals surface area (Å²) in [6, 6.07) is 8.95. The van der Waals surface area contributed by atoms with Crippen LogP contribution < -0.4 is 5.46 Å². The maximum absolute atomic E-state index is 6.14. The van der Waals surface area contributed by atoms with Gasteiger partial charge in [-0.2, -0.15) is 0 Å². The van der Waals surface area contributed by atoms with Crippen molar-refractivity contribution >= 4 is 12.6 Å². The highest BCUT2D eigenvalue weighted by Crippen LogP contribution is 2.39. The van der Waals surface area contributed by atoms with Gasteiger partial charge in [-0.15, -0.1) is 0 Å². The van der Waals surface area contributed by atoms with Gasteiger partial charge in [0.05, 0.1) is 11.2 Å². The van der Waals surface area contributed by atoms with E-state index in [1.807, 2.05) is 0 Å². The summed E-state index contributed by atoms with van der Waals surface area (Å²) in [6.45, 7) is 10.8. The smallest absolute Gasteiger partial charge is 0.399 e. The van der Waals surface area contributed by atoms with Crippen molar-refractivity contribution in [3.8, 4) is 0 Å². The van der Waals surface area contributed by atoms with E-state index in [0.29, 0.717) is 5.41 Å². The molecule has 22 heavy (non-hydrogen) atoms. The van der Waals surface area contributed by atoms with E-state index < -0.39 is 0 Å². The van der Waals surface area contributed by atoms with Gasteiger partial charge in [0.2, 0.25) is 0 Å². The molecule has 0 radical (unpaired) electrons. The number of hydrogen-bond donors (Lipinski definition) is 0. The van der Waals surface area contributed by atoms with Gasteiger partial charge in [0.15, 0.2) is 0 Å². The summed E-state index contributed by atoms with van der Waals surface area (Å²) in [7, 11) is -0.252. The van der Waals surface area contributed by atoms with Crippen LogP contribution in [0.5, 0.6) is 0 Å². The minimum Gasteiger partial charge on any atom is -0.399 e. The van der Waals surface area contributed by atoms with E-state index in [4.69, 9.17) is 9.31 Å². The Kier molecular flexibility index (Phi) is 3.93. The fourth-order valence-corrected chi connectivity index (χ4v) is 3.64. The second-order valence-electron chi connectivity index (χ2n) is 8.33. The van der Waals surface area contributed by atoms with Gasteiger partial charge >= 0.3 is 7.12 Å². The zero-order valence-corrected chi connectivity index (χ0v) is 14.7. The van der Waals surface area contributed by atoms with E-state index >= 15 is 0 Å². The minimum atomic E-state index is -0.272. The Bertz CT molecular complexity index is 511. The number of benzene rings is 1. The lowest BCUT2D eigenvalue weighted by Gasteiger charge is -2.34. The highest BCUT2D eigenvalue weighted by atomic mass is 16.7. The molecule has 0 N–H and O–H groups in total. The van der Waals surface area contributed by atoms with Crippen LogP contribution in [0.15, 0.2) is 24.3 Å². The molecule has 0 unspecified atom stereocenters. The molecule has 0 atom stereocenters. The predicted molar refractivity (Wildman–Crippen MR) is 92.6 cm³/mol. The predicted octanol–water partition coefficient (Wildman–Crippen LogP) is 4.21. The van der Waals surface area contributed by atoms with Gasteiger partial charge in [-0.1, -0.05) is 50.5 Å². The molecule has 0 aromatic heterocycles.